The highest BCUT2D eigenvalue weighted by Gasteiger charge is 2.31. The van der Waals surface area contributed by atoms with Gasteiger partial charge in [-0.3, -0.25) is 13.9 Å². The molecular formula is C33H41Cl2N3O4S. The number of nitrogens with zero attached hydrogens (tertiary/aromatic N) is 2. The molecule has 7 nitrogen and oxygen atoms in total. The van der Waals surface area contributed by atoms with Crippen molar-refractivity contribution in [3.05, 3.63) is 99.0 Å². The van der Waals surface area contributed by atoms with Gasteiger partial charge in [0, 0.05) is 48.1 Å². The number of aryl methyl sites for hydroxylation is 2. The van der Waals surface area contributed by atoms with Crippen LogP contribution in [-0.4, -0.2) is 50.5 Å². The van der Waals surface area contributed by atoms with E-state index in [4.69, 9.17) is 23.2 Å². The van der Waals surface area contributed by atoms with E-state index in [0.717, 1.165) is 22.9 Å². The van der Waals surface area contributed by atoms with Crippen molar-refractivity contribution in [1.29, 1.82) is 0 Å². The van der Waals surface area contributed by atoms with E-state index in [1.807, 2.05) is 76.2 Å². The Morgan fingerprint density at radius 3 is 2.19 bits per heavy atom. The first-order valence-electron chi connectivity index (χ1n) is 14.4. The average molecular weight is 647 g/mol. The quantitative estimate of drug-likeness (QED) is 0.215. The van der Waals surface area contributed by atoms with Gasteiger partial charge in [0.25, 0.3) is 0 Å². The number of anilines is 1. The molecule has 232 valence electrons. The highest BCUT2D eigenvalue weighted by molar-refractivity contribution is 7.92. The lowest BCUT2D eigenvalue weighted by atomic mass is 10.0. The number of nitrogens with one attached hydrogen (secondary N) is 1. The van der Waals surface area contributed by atoms with Crippen LogP contribution >= 0.6 is 23.2 Å². The molecule has 0 spiro atoms. The van der Waals surface area contributed by atoms with Crippen LogP contribution in [0.25, 0.3) is 0 Å². The van der Waals surface area contributed by atoms with E-state index >= 15 is 0 Å². The van der Waals surface area contributed by atoms with E-state index in [-0.39, 0.29) is 50.1 Å². The molecule has 2 amide bonds. The van der Waals surface area contributed by atoms with E-state index in [9.17, 15) is 18.0 Å². The topological polar surface area (TPSA) is 86.8 Å². The number of rotatable bonds is 14. The molecule has 0 saturated heterocycles. The van der Waals surface area contributed by atoms with E-state index in [1.54, 1.807) is 18.2 Å². The maximum absolute atomic E-state index is 14.0. The minimum absolute atomic E-state index is 0.0156. The molecule has 1 N–H and O–H groups in total. The van der Waals surface area contributed by atoms with E-state index in [1.165, 1.54) is 9.21 Å². The van der Waals surface area contributed by atoms with Crippen molar-refractivity contribution < 1.29 is 18.0 Å². The van der Waals surface area contributed by atoms with Gasteiger partial charge in [-0.25, -0.2) is 8.42 Å². The molecule has 3 aromatic rings. The Hall–Kier alpha value is -3.07. The molecule has 0 fully saturated rings. The maximum atomic E-state index is 14.0. The van der Waals surface area contributed by atoms with Crippen LogP contribution < -0.4 is 9.62 Å². The number of hydrogen-bond donors (Lipinski definition) is 1. The van der Waals surface area contributed by atoms with E-state index in [0.29, 0.717) is 27.8 Å². The van der Waals surface area contributed by atoms with Gasteiger partial charge in [0.1, 0.15) is 6.04 Å². The van der Waals surface area contributed by atoms with Crippen molar-refractivity contribution in [2.45, 2.75) is 59.5 Å². The molecule has 1 atom stereocenters. The summed E-state index contributed by atoms with van der Waals surface area (Å²) < 4.78 is 26.9. The Balaban J connectivity index is 1.94. The van der Waals surface area contributed by atoms with Gasteiger partial charge in [-0.15, -0.1) is 0 Å². The van der Waals surface area contributed by atoms with Crippen LogP contribution in [0.3, 0.4) is 0 Å². The number of hydrogen-bond acceptors (Lipinski definition) is 4. The fourth-order valence-corrected chi connectivity index (χ4v) is 6.33. The van der Waals surface area contributed by atoms with Crippen LogP contribution in [0.4, 0.5) is 5.69 Å². The van der Waals surface area contributed by atoms with Crippen molar-refractivity contribution in [2.75, 3.05) is 23.7 Å². The minimum Gasteiger partial charge on any atom is -0.354 e. The highest BCUT2D eigenvalue weighted by atomic mass is 35.5. The summed E-state index contributed by atoms with van der Waals surface area (Å²) in [6.45, 7) is 8.36. The largest absolute Gasteiger partial charge is 0.354 e. The summed E-state index contributed by atoms with van der Waals surface area (Å²) >= 11 is 13.0. The molecule has 0 aliphatic heterocycles. The predicted molar refractivity (Wildman–Crippen MR) is 176 cm³/mol. The summed E-state index contributed by atoms with van der Waals surface area (Å²) in [4.78, 5) is 29.2. The zero-order valence-corrected chi connectivity index (χ0v) is 27.8. The van der Waals surface area contributed by atoms with Crippen LogP contribution in [0, 0.1) is 19.8 Å². The summed E-state index contributed by atoms with van der Waals surface area (Å²) in [5, 5.41) is 3.78. The number of amides is 2. The van der Waals surface area contributed by atoms with Crippen LogP contribution in [0.15, 0.2) is 66.7 Å². The second-order valence-electron chi connectivity index (χ2n) is 11.3. The Kier molecular flexibility index (Phi) is 12.5. The molecule has 0 aliphatic carbocycles. The zero-order valence-electron chi connectivity index (χ0n) is 25.4. The lowest BCUT2D eigenvalue weighted by Gasteiger charge is -2.32. The minimum atomic E-state index is -3.61. The van der Waals surface area contributed by atoms with Crippen molar-refractivity contribution in [3.8, 4) is 0 Å². The second-order valence-corrected chi connectivity index (χ2v) is 14.0. The molecule has 3 aromatic carbocycles. The Morgan fingerprint density at radius 1 is 0.930 bits per heavy atom. The third-order valence-electron chi connectivity index (χ3n) is 7.13. The predicted octanol–water partition coefficient (Wildman–Crippen LogP) is 6.57. The summed E-state index contributed by atoms with van der Waals surface area (Å²) in [5.74, 6) is -0.358. The number of halogens is 2. The first kappa shape index (κ1) is 34.4. The molecule has 3 rings (SSSR count). The van der Waals surface area contributed by atoms with Gasteiger partial charge in [-0.1, -0.05) is 85.6 Å². The SMILES string of the molecule is Cc1ccc(C)c(N(CCCC(=O)N(Cc2c(Cl)cccc2Cl)[C@@H](Cc2ccccc2)C(=O)NCC(C)C)S(C)(=O)=O)c1. The fraction of sp³-hybridized carbons (Fsp3) is 0.394. The lowest BCUT2D eigenvalue weighted by molar-refractivity contribution is -0.141. The van der Waals surface area contributed by atoms with Gasteiger partial charge >= 0.3 is 0 Å². The molecule has 0 radical (unpaired) electrons. The number of carbonyl (C=O) groups excluding carboxylic acids is 2. The van der Waals surface area contributed by atoms with Crippen LogP contribution in [-0.2, 0) is 32.6 Å². The Bertz CT molecular complexity index is 1490. The lowest BCUT2D eigenvalue weighted by Crippen LogP contribution is -2.51. The van der Waals surface area contributed by atoms with Gasteiger partial charge in [-0.2, -0.15) is 0 Å². The van der Waals surface area contributed by atoms with Crippen molar-refractivity contribution in [3.63, 3.8) is 0 Å². The smallest absolute Gasteiger partial charge is 0.243 e. The third kappa shape index (κ3) is 9.98. The first-order chi connectivity index (χ1) is 20.3. The molecule has 0 saturated carbocycles. The number of sulfonamides is 1. The molecular weight excluding hydrogens is 605 g/mol. The van der Waals surface area contributed by atoms with Crippen LogP contribution in [0.1, 0.15) is 48.9 Å². The monoisotopic (exact) mass is 645 g/mol. The van der Waals surface area contributed by atoms with Gasteiger partial charge in [-0.05, 0) is 61.1 Å². The van der Waals surface area contributed by atoms with Crippen molar-refractivity contribution in [2.24, 2.45) is 5.92 Å². The normalized spacial score (nSPS) is 12.2. The number of carbonyl (C=O) groups is 2. The molecule has 0 heterocycles. The van der Waals surface area contributed by atoms with Gasteiger partial charge in [0.05, 0.1) is 11.9 Å². The van der Waals surface area contributed by atoms with E-state index < -0.39 is 16.1 Å². The summed E-state index contributed by atoms with van der Waals surface area (Å²) in [7, 11) is -3.61. The Labute approximate surface area is 266 Å². The maximum Gasteiger partial charge on any atom is 0.243 e. The molecule has 43 heavy (non-hydrogen) atoms. The van der Waals surface area contributed by atoms with Gasteiger partial charge < -0.3 is 10.2 Å². The third-order valence-corrected chi connectivity index (χ3v) is 9.02. The molecule has 0 aromatic heterocycles. The van der Waals surface area contributed by atoms with Crippen molar-refractivity contribution >= 4 is 50.7 Å². The fourth-order valence-electron chi connectivity index (χ4n) is 4.80. The number of benzene rings is 3. The van der Waals surface area contributed by atoms with Gasteiger partial charge in [0.15, 0.2) is 0 Å². The standard InChI is InChI=1S/C33H41Cl2N3O4S/c1-23(2)21-36-33(40)31(20-26-11-7-6-8-12-26)37(22-27-28(34)13-9-14-29(27)35)32(39)15-10-18-38(43(5,41)42)30-19-24(3)16-17-25(30)4/h6-9,11-14,16-17,19,23,31H,10,15,18,20-22H2,1-5H3,(H,36,40)/t31-/m0/s1. The summed E-state index contributed by atoms with van der Waals surface area (Å²) in [5.41, 5.74) is 3.78. The van der Waals surface area contributed by atoms with Crippen molar-refractivity contribution in [1.82, 2.24) is 10.2 Å². The zero-order chi connectivity index (χ0) is 31.7. The van der Waals surface area contributed by atoms with Crippen LogP contribution in [0.2, 0.25) is 10.0 Å². The highest BCUT2D eigenvalue weighted by Crippen LogP contribution is 2.28. The van der Waals surface area contributed by atoms with Crippen LogP contribution in [0.5, 0.6) is 0 Å². The molecule has 10 heteroatoms. The van der Waals surface area contributed by atoms with Gasteiger partial charge in [0.2, 0.25) is 21.8 Å². The molecule has 0 aliphatic rings. The Morgan fingerprint density at radius 2 is 1.58 bits per heavy atom. The second kappa shape index (κ2) is 15.6. The first-order valence-corrected chi connectivity index (χ1v) is 17.0. The molecule has 0 unspecified atom stereocenters. The molecule has 0 bridgehead atoms. The summed E-state index contributed by atoms with van der Waals surface area (Å²) in [6.07, 6.45) is 1.72. The summed E-state index contributed by atoms with van der Waals surface area (Å²) in [6, 6.07) is 19.4. The van der Waals surface area contributed by atoms with E-state index in [2.05, 4.69) is 5.32 Å². The average Bonchev–Trinajstić information content (AvgIpc) is 2.94.